The van der Waals surface area contributed by atoms with Crippen molar-refractivity contribution >= 4 is 45.9 Å². The number of carbonyl (C=O) groups excluding carboxylic acids is 2. The Kier molecular flexibility index (Phi) is 6.59. The van der Waals surface area contributed by atoms with E-state index in [1.165, 1.54) is 23.1 Å². The highest BCUT2D eigenvalue weighted by Crippen LogP contribution is 2.34. The van der Waals surface area contributed by atoms with Crippen molar-refractivity contribution in [3.8, 4) is 5.75 Å². The van der Waals surface area contributed by atoms with Crippen LogP contribution < -0.4 is 21.1 Å². The number of imide groups is 1. The van der Waals surface area contributed by atoms with Crippen LogP contribution in [-0.2, 0) is 4.79 Å². The Labute approximate surface area is 153 Å². The molecule has 0 aliphatic heterocycles. The normalized spacial score (nSPS) is 11.8. The molecule has 25 heavy (non-hydrogen) atoms. The first-order valence-corrected chi connectivity index (χ1v) is 9.10. The van der Waals surface area contributed by atoms with Gasteiger partial charge in [0.1, 0.15) is 5.75 Å². The van der Waals surface area contributed by atoms with E-state index < -0.39 is 17.2 Å². The molecule has 134 valence electrons. The number of nitrogens with one attached hydrogen (secondary N) is 2. The van der Waals surface area contributed by atoms with Gasteiger partial charge in [-0.3, -0.25) is 10.1 Å². The van der Waals surface area contributed by atoms with Crippen LogP contribution in [0, 0.1) is 5.92 Å². The topological polar surface area (TPSA) is 119 Å². The molecule has 0 aliphatic rings. The van der Waals surface area contributed by atoms with Crippen molar-refractivity contribution < 1.29 is 14.3 Å². The van der Waals surface area contributed by atoms with Gasteiger partial charge in [0.15, 0.2) is 4.34 Å². The number of rotatable bonds is 7. The summed E-state index contributed by atoms with van der Waals surface area (Å²) in [6.07, 6.45) is 0. The van der Waals surface area contributed by atoms with E-state index in [2.05, 4.69) is 20.8 Å². The maximum Gasteiger partial charge on any atom is 0.318 e. The van der Waals surface area contributed by atoms with Crippen molar-refractivity contribution in [1.29, 1.82) is 0 Å². The highest BCUT2D eigenvalue weighted by atomic mass is 32.2. The molecule has 0 radical (unpaired) electrons. The summed E-state index contributed by atoms with van der Waals surface area (Å²) >= 11 is 2.55. The molecule has 3 amide bonds. The summed E-state index contributed by atoms with van der Waals surface area (Å²) in [5.74, 6) is 0.230. The second-order valence-electron chi connectivity index (χ2n) is 5.33. The van der Waals surface area contributed by atoms with Crippen LogP contribution in [0.25, 0.3) is 0 Å². The fourth-order valence-corrected chi connectivity index (χ4v) is 3.94. The summed E-state index contributed by atoms with van der Waals surface area (Å²) in [5, 5.41) is 13.5. The van der Waals surface area contributed by atoms with Crippen molar-refractivity contribution in [2.24, 2.45) is 11.7 Å². The minimum Gasteiger partial charge on any atom is -0.495 e. The van der Waals surface area contributed by atoms with Crippen molar-refractivity contribution in [2.75, 3.05) is 12.4 Å². The van der Waals surface area contributed by atoms with Crippen LogP contribution in [-0.4, -0.2) is 34.5 Å². The number of methoxy groups -OCH3 is 1. The second kappa shape index (κ2) is 8.67. The predicted molar refractivity (Wildman–Crippen MR) is 98.4 cm³/mol. The zero-order valence-corrected chi connectivity index (χ0v) is 15.6. The van der Waals surface area contributed by atoms with Crippen LogP contribution in [0.15, 0.2) is 28.6 Å². The number of benzene rings is 1. The molecule has 0 spiro atoms. The number of thioether (sulfide) groups is 1. The molecule has 1 aromatic heterocycles. The van der Waals surface area contributed by atoms with Crippen LogP contribution in [0.5, 0.6) is 5.75 Å². The molecule has 2 rings (SSSR count). The molecular weight excluding hydrogens is 362 g/mol. The summed E-state index contributed by atoms with van der Waals surface area (Å²) in [7, 11) is 1.59. The lowest BCUT2D eigenvalue weighted by molar-refractivity contribution is -0.120. The Bertz CT molecular complexity index is 750. The molecule has 8 nitrogen and oxygen atoms in total. The monoisotopic (exact) mass is 381 g/mol. The number of amides is 3. The first kappa shape index (κ1) is 19.0. The lowest BCUT2D eigenvalue weighted by atomic mass is 10.1. The molecule has 0 aliphatic carbocycles. The van der Waals surface area contributed by atoms with E-state index in [1.807, 2.05) is 38.1 Å². The molecule has 10 heteroatoms. The number of urea groups is 1. The van der Waals surface area contributed by atoms with Gasteiger partial charge < -0.3 is 15.8 Å². The van der Waals surface area contributed by atoms with E-state index >= 15 is 0 Å². The molecule has 0 unspecified atom stereocenters. The highest BCUT2D eigenvalue weighted by molar-refractivity contribution is 8.02. The number of anilines is 2. The molecule has 0 saturated heterocycles. The summed E-state index contributed by atoms with van der Waals surface area (Å²) in [5.41, 5.74) is 5.78. The Morgan fingerprint density at radius 2 is 2.00 bits per heavy atom. The number of nitrogens with zero attached hydrogens (tertiary/aromatic N) is 2. The van der Waals surface area contributed by atoms with Crippen LogP contribution in [0.1, 0.15) is 13.8 Å². The van der Waals surface area contributed by atoms with Crippen LogP contribution in [0.4, 0.5) is 15.6 Å². The maximum absolute atomic E-state index is 12.1. The van der Waals surface area contributed by atoms with Gasteiger partial charge in [-0.05, 0) is 18.1 Å². The van der Waals surface area contributed by atoms with Crippen molar-refractivity contribution in [1.82, 2.24) is 15.5 Å². The Balaban J connectivity index is 2.09. The molecule has 4 N–H and O–H groups in total. The molecule has 2 aromatic rings. The van der Waals surface area contributed by atoms with E-state index in [9.17, 15) is 9.59 Å². The first-order valence-electron chi connectivity index (χ1n) is 7.41. The summed E-state index contributed by atoms with van der Waals surface area (Å²) in [6.45, 7) is 3.76. The SMILES string of the molecule is COc1ccccc1Nc1nnc(S[C@@H](C(=O)NC(N)=O)C(C)C)s1. The minimum atomic E-state index is -0.868. The van der Waals surface area contributed by atoms with Gasteiger partial charge in [-0.15, -0.1) is 10.2 Å². The van der Waals surface area contributed by atoms with Crippen LogP contribution >= 0.6 is 23.1 Å². The van der Waals surface area contributed by atoms with Gasteiger partial charge in [0, 0.05) is 0 Å². The Morgan fingerprint density at radius 3 is 2.64 bits per heavy atom. The molecule has 0 bridgehead atoms. The van der Waals surface area contributed by atoms with Gasteiger partial charge >= 0.3 is 6.03 Å². The smallest absolute Gasteiger partial charge is 0.318 e. The fourth-order valence-electron chi connectivity index (χ4n) is 1.96. The predicted octanol–water partition coefficient (Wildman–Crippen LogP) is 2.60. The number of para-hydroxylation sites is 2. The third kappa shape index (κ3) is 5.33. The standard InChI is InChI=1S/C15H19N5O3S2/c1-8(2)11(12(21)18-13(16)22)24-15-20-19-14(25-15)17-9-6-4-5-7-10(9)23-3/h4-8,11H,1-3H3,(H,17,19)(H3,16,18,21,22)/t11-/m1/s1. The maximum atomic E-state index is 12.1. The number of primary amides is 1. The lowest BCUT2D eigenvalue weighted by Crippen LogP contribution is -2.42. The van der Waals surface area contributed by atoms with Gasteiger partial charge in [-0.1, -0.05) is 49.1 Å². The summed E-state index contributed by atoms with van der Waals surface area (Å²) < 4.78 is 5.89. The van der Waals surface area contributed by atoms with Crippen LogP contribution in [0.3, 0.4) is 0 Å². The van der Waals surface area contributed by atoms with Crippen LogP contribution in [0.2, 0.25) is 0 Å². The third-order valence-electron chi connectivity index (χ3n) is 3.09. The van der Waals surface area contributed by atoms with Gasteiger partial charge in [-0.2, -0.15) is 0 Å². The lowest BCUT2D eigenvalue weighted by Gasteiger charge is -2.16. The number of ether oxygens (including phenoxy) is 1. The van der Waals surface area contributed by atoms with E-state index in [0.717, 1.165) is 5.69 Å². The van der Waals surface area contributed by atoms with Gasteiger partial charge in [-0.25, -0.2) is 4.79 Å². The van der Waals surface area contributed by atoms with E-state index in [-0.39, 0.29) is 5.92 Å². The largest absolute Gasteiger partial charge is 0.495 e. The first-order chi connectivity index (χ1) is 11.9. The second-order valence-corrected chi connectivity index (χ2v) is 7.70. The van der Waals surface area contributed by atoms with Gasteiger partial charge in [0.25, 0.3) is 0 Å². The number of aromatic nitrogens is 2. The molecule has 1 heterocycles. The Hall–Kier alpha value is -2.33. The van der Waals surface area contributed by atoms with E-state index in [1.54, 1.807) is 7.11 Å². The number of hydrogen-bond donors (Lipinski definition) is 3. The zero-order chi connectivity index (χ0) is 18.4. The van der Waals surface area contributed by atoms with Crippen molar-refractivity contribution in [3.63, 3.8) is 0 Å². The van der Waals surface area contributed by atoms with Gasteiger partial charge in [0.05, 0.1) is 18.0 Å². The number of carbonyl (C=O) groups is 2. The van der Waals surface area contributed by atoms with E-state index in [0.29, 0.717) is 15.2 Å². The van der Waals surface area contributed by atoms with E-state index in [4.69, 9.17) is 10.5 Å². The highest BCUT2D eigenvalue weighted by Gasteiger charge is 2.26. The Morgan fingerprint density at radius 1 is 1.28 bits per heavy atom. The third-order valence-corrected chi connectivity index (χ3v) is 5.56. The average molecular weight is 381 g/mol. The van der Waals surface area contributed by atoms with Gasteiger partial charge in [0.2, 0.25) is 11.0 Å². The average Bonchev–Trinajstić information content (AvgIpc) is 2.99. The zero-order valence-electron chi connectivity index (χ0n) is 14.0. The summed E-state index contributed by atoms with van der Waals surface area (Å²) in [4.78, 5) is 23.0. The molecule has 0 fully saturated rings. The fraction of sp³-hybridized carbons (Fsp3) is 0.333. The molecule has 1 aromatic carbocycles. The molecule has 0 saturated carbocycles. The molecule has 1 atom stereocenters. The summed E-state index contributed by atoms with van der Waals surface area (Å²) in [6, 6.07) is 6.58. The van der Waals surface area contributed by atoms with Crippen molar-refractivity contribution in [3.05, 3.63) is 24.3 Å². The molecular formula is C15H19N5O3S2. The minimum absolute atomic E-state index is 0.0149. The number of hydrogen-bond acceptors (Lipinski definition) is 8. The van der Waals surface area contributed by atoms with Crippen molar-refractivity contribution in [2.45, 2.75) is 23.4 Å². The number of nitrogens with two attached hydrogens (primary N) is 1. The quantitative estimate of drug-likeness (QED) is 0.631.